The van der Waals surface area contributed by atoms with E-state index in [4.69, 9.17) is 0 Å². The number of rotatable bonds is 3. The van der Waals surface area contributed by atoms with Crippen LogP contribution in [-0.2, 0) is 13.0 Å². The lowest BCUT2D eigenvalue weighted by molar-refractivity contribution is 0.459. The monoisotopic (exact) mass is 154 g/mol. The van der Waals surface area contributed by atoms with Crippen molar-refractivity contribution in [3.63, 3.8) is 0 Å². The van der Waals surface area contributed by atoms with Gasteiger partial charge >= 0.3 is 0 Å². The third-order valence-electron chi connectivity index (χ3n) is 1.46. The molecule has 0 amide bonds. The standard InChI is InChI=1S/C7H14N4/c1-4-7-8-9-10-11(7)5-6(2)3/h6H,4-5H2,1-3H3. The first-order chi connectivity index (χ1) is 5.24. The number of hydrogen-bond acceptors (Lipinski definition) is 3. The van der Waals surface area contributed by atoms with Crippen molar-refractivity contribution in [2.45, 2.75) is 33.7 Å². The minimum atomic E-state index is 0.601. The van der Waals surface area contributed by atoms with Crippen LogP contribution in [0, 0.1) is 5.92 Å². The second-order valence-corrected chi connectivity index (χ2v) is 3.02. The molecule has 11 heavy (non-hydrogen) atoms. The third kappa shape index (κ3) is 2.00. The second-order valence-electron chi connectivity index (χ2n) is 3.02. The first-order valence-corrected chi connectivity index (χ1v) is 3.99. The molecule has 62 valence electrons. The van der Waals surface area contributed by atoms with Crippen LogP contribution in [0.5, 0.6) is 0 Å². The Bertz CT molecular complexity index is 216. The van der Waals surface area contributed by atoms with Gasteiger partial charge in [-0.1, -0.05) is 20.8 Å². The normalized spacial score (nSPS) is 10.9. The quantitative estimate of drug-likeness (QED) is 0.649. The van der Waals surface area contributed by atoms with Crippen molar-refractivity contribution in [2.24, 2.45) is 5.92 Å². The van der Waals surface area contributed by atoms with Crippen LogP contribution < -0.4 is 0 Å². The summed E-state index contributed by atoms with van der Waals surface area (Å²) in [6, 6.07) is 0. The maximum Gasteiger partial charge on any atom is 0.150 e. The summed E-state index contributed by atoms with van der Waals surface area (Å²) in [6.07, 6.45) is 0.903. The number of hydrogen-bond donors (Lipinski definition) is 0. The first-order valence-electron chi connectivity index (χ1n) is 3.99. The Kier molecular flexibility index (Phi) is 2.57. The molecule has 0 N–H and O–H groups in total. The van der Waals surface area contributed by atoms with Crippen LogP contribution in [0.25, 0.3) is 0 Å². The molecule has 1 heterocycles. The van der Waals surface area contributed by atoms with E-state index in [9.17, 15) is 0 Å². The zero-order valence-electron chi connectivity index (χ0n) is 7.28. The van der Waals surface area contributed by atoms with Gasteiger partial charge in [-0.25, -0.2) is 4.68 Å². The number of nitrogens with zero attached hydrogens (tertiary/aromatic N) is 4. The third-order valence-corrected chi connectivity index (χ3v) is 1.46. The summed E-state index contributed by atoms with van der Waals surface area (Å²) in [7, 11) is 0. The Balaban J connectivity index is 2.68. The van der Waals surface area contributed by atoms with Crippen LogP contribution in [0.2, 0.25) is 0 Å². The fourth-order valence-corrected chi connectivity index (χ4v) is 0.964. The second kappa shape index (κ2) is 3.46. The molecule has 0 aliphatic carbocycles. The lowest BCUT2D eigenvalue weighted by Crippen LogP contribution is -2.09. The highest BCUT2D eigenvalue weighted by molar-refractivity contribution is 4.78. The highest BCUT2D eigenvalue weighted by Gasteiger charge is 2.03. The summed E-state index contributed by atoms with van der Waals surface area (Å²) in [6.45, 7) is 7.28. The van der Waals surface area contributed by atoms with Crippen molar-refractivity contribution >= 4 is 0 Å². The van der Waals surface area contributed by atoms with Crippen molar-refractivity contribution in [3.8, 4) is 0 Å². The molecule has 1 aromatic rings. The van der Waals surface area contributed by atoms with Gasteiger partial charge in [-0.3, -0.25) is 0 Å². The van der Waals surface area contributed by atoms with Gasteiger partial charge in [0.1, 0.15) is 0 Å². The molecule has 0 unspecified atom stereocenters. The SMILES string of the molecule is CCc1nnnn1CC(C)C. The van der Waals surface area contributed by atoms with Crippen LogP contribution in [0.4, 0.5) is 0 Å². The smallest absolute Gasteiger partial charge is 0.150 e. The molecule has 4 nitrogen and oxygen atoms in total. The molecular formula is C7H14N4. The predicted molar refractivity (Wildman–Crippen MR) is 42.0 cm³/mol. The van der Waals surface area contributed by atoms with E-state index in [1.54, 1.807) is 0 Å². The minimum Gasteiger partial charge on any atom is -0.229 e. The highest BCUT2D eigenvalue weighted by atomic mass is 15.5. The molecule has 1 rings (SSSR count). The number of aromatic nitrogens is 4. The molecule has 0 bridgehead atoms. The van der Waals surface area contributed by atoms with E-state index in [1.807, 2.05) is 4.68 Å². The largest absolute Gasteiger partial charge is 0.229 e. The summed E-state index contributed by atoms with van der Waals surface area (Å²) in [4.78, 5) is 0. The zero-order valence-corrected chi connectivity index (χ0v) is 7.28. The van der Waals surface area contributed by atoms with Crippen LogP contribution in [0.3, 0.4) is 0 Å². The van der Waals surface area contributed by atoms with E-state index >= 15 is 0 Å². The van der Waals surface area contributed by atoms with Gasteiger partial charge in [-0.05, 0) is 16.3 Å². The molecule has 4 heteroatoms. The van der Waals surface area contributed by atoms with E-state index in [0.717, 1.165) is 18.8 Å². The molecule has 0 saturated heterocycles. The maximum atomic E-state index is 3.89. The molecule has 0 radical (unpaired) electrons. The molecule has 0 fully saturated rings. The summed E-state index contributed by atoms with van der Waals surface area (Å²) < 4.78 is 1.87. The van der Waals surface area contributed by atoms with E-state index in [1.165, 1.54) is 0 Å². The van der Waals surface area contributed by atoms with Gasteiger partial charge in [0.2, 0.25) is 0 Å². The molecule has 1 aromatic heterocycles. The van der Waals surface area contributed by atoms with Crippen LogP contribution in [0.15, 0.2) is 0 Å². The molecular weight excluding hydrogens is 140 g/mol. The van der Waals surface area contributed by atoms with Gasteiger partial charge in [0.25, 0.3) is 0 Å². The van der Waals surface area contributed by atoms with Gasteiger partial charge in [0.15, 0.2) is 5.82 Å². The van der Waals surface area contributed by atoms with Gasteiger partial charge < -0.3 is 0 Å². The highest BCUT2D eigenvalue weighted by Crippen LogP contribution is 1.99. The lowest BCUT2D eigenvalue weighted by atomic mass is 10.2. The van der Waals surface area contributed by atoms with Gasteiger partial charge in [-0.2, -0.15) is 0 Å². The number of tetrazole rings is 1. The fourth-order valence-electron chi connectivity index (χ4n) is 0.964. The van der Waals surface area contributed by atoms with Crippen molar-refractivity contribution in [1.29, 1.82) is 0 Å². The number of aryl methyl sites for hydroxylation is 1. The van der Waals surface area contributed by atoms with E-state index in [0.29, 0.717) is 5.92 Å². The van der Waals surface area contributed by atoms with E-state index < -0.39 is 0 Å². The Morgan fingerprint density at radius 2 is 2.18 bits per heavy atom. The Hall–Kier alpha value is -0.930. The molecule has 0 aromatic carbocycles. The average molecular weight is 154 g/mol. The van der Waals surface area contributed by atoms with Crippen molar-refractivity contribution < 1.29 is 0 Å². The molecule has 0 spiro atoms. The summed E-state index contributed by atoms with van der Waals surface area (Å²) in [5, 5.41) is 11.4. The molecule has 0 atom stereocenters. The summed E-state index contributed by atoms with van der Waals surface area (Å²) >= 11 is 0. The topological polar surface area (TPSA) is 43.6 Å². The Morgan fingerprint density at radius 1 is 1.45 bits per heavy atom. The lowest BCUT2D eigenvalue weighted by Gasteiger charge is -2.04. The fraction of sp³-hybridized carbons (Fsp3) is 0.857. The van der Waals surface area contributed by atoms with Gasteiger partial charge in [0.05, 0.1) is 0 Å². The maximum absolute atomic E-state index is 3.89. The van der Waals surface area contributed by atoms with Crippen molar-refractivity contribution in [2.75, 3.05) is 0 Å². The van der Waals surface area contributed by atoms with E-state index in [2.05, 4.69) is 36.3 Å². The Labute approximate surface area is 66.6 Å². The van der Waals surface area contributed by atoms with E-state index in [-0.39, 0.29) is 0 Å². The van der Waals surface area contributed by atoms with Crippen LogP contribution in [0.1, 0.15) is 26.6 Å². The predicted octanol–water partition coefficient (Wildman–Crippen LogP) is 0.891. The summed E-state index contributed by atoms with van der Waals surface area (Å²) in [5.41, 5.74) is 0. The van der Waals surface area contributed by atoms with Crippen molar-refractivity contribution in [1.82, 2.24) is 20.2 Å². The van der Waals surface area contributed by atoms with Crippen LogP contribution in [-0.4, -0.2) is 20.2 Å². The van der Waals surface area contributed by atoms with Gasteiger partial charge in [-0.15, -0.1) is 5.10 Å². The minimum absolute atomic E-state index is 0.601. The molecule has 0 aliphatic heterocycles. The molecule has 0 saturated carbocycles. The molecule has 0 aliphatic rings. The van der Waals surface area contributed by atoms with Gasteiger partial charge in [0, 0.05) is 13.0 Å². The first kappa shape index (κ1) is 8.17. The Morgan fingerprint density at radius 3 is 2.73 bits per heavy atom. The van der Waals surface area contributed by atoms with Crippen molar-refractivity contribution in [3.05, 3.63) is 5.82 Å². The summed E-state index contributed by atoms with van der Waals surface area (Å²) in [5.74, 6) is 1.57. The zero-order chi connectivity index (χ0) is 8.27. The average Bonchev–Trinajstić information content (AvgIpc) is 2.34. The van der Waals surface area contributed by atoms with Crippen LogP contribution >= 0.6 is 0 Å².